The Kier molecular flexibility index (Phi) is 14.8. The number of hydrogen-bond acceptors (Lipinski definition) is 2. The van der Waals surface area contributed by atoms with E-state index < -0.39 is 11.7 Å². The number of allylic oxidation sites excluding steroid dienone is 2. The maximum Gasteiger partial charge on any atom is 0.416 e. The van der Waals surface area contributed by atoms with Crippen molar-refractivity contribution in [3.8, 4) is 11.1 Å². The molecule has 0 bridgehead atoms. The molecule has 1 heterocycles. The summed E-state index contributed by atoms with van der Waals surface area (Å²) < 4.78 is 39.1. The second-order valence-electron chi connectivity index (χ2n) is 13.0. The number of carbonyl (C=O) groups is 2. The number of unbranched alkanes of at least 4 members (excludes halogenated alkanes) is 11. The fourth-order valence-electron chi connectivity index (χ4n) is 6.32. The fourth-order valence-corrected chi connectivity index (χ4v) is 6.32. The highest BCUT2D eigenvalue weighted by Crippen LogP contribution is 2.32. The van der Waals surface area contributed by atoms with E-state index in [4.69, 9.17) is 0 Å². The van der Waals surface area contributed by atoms with E-state index in [2.05, 4.69) is 24.4 Å². The van der Waals surface area contributed by atoms with Gasteiger partial charge in [-0.2, -0.15) is 13.2 Å². The van der Waals surface area contributed by atoms with Crippen LogP contribution >= 0.6 is 0 Å². The highest BCUT2D eigenvalue weighted by molar-refractivity contribution is 6.08. The lowest BCUT2D eigenvalue weighted by Crippen LogP contribution is -2.35. The molecule has 0 saturated heterocycles. The molecule has 4 rings (SSSR count). The zero-order valence-electron chi connectivity index (χ0n) is 28.4. The summed E-state index contributed by atoms with van der Waals surface area (Å²) in [5, 5.41) is 2.96. The molecular weight excluding hydrogens is 609 g/mol. The standard InChI is InChI=1S/C41H51F3N2O2/c1-2-3-4-5-6-7-8-9-10-11-12-13-14-15-16-21-39(47)46-29-28-33-30-36(27-24-34(33)31-46)45-40(48)38-20-18-17-19-37(38)32-22-25-35(26-23-32)41(42,43)44/h9-10,17-20,22-27,30H,2-8,11-16,21,28-29,31H2,1H3,(H,45,48). The molecule has 0 atom stereocenters. The zero-order valence-corrected chi connectivity index (χ0v) is 28.4. The molecule has 0 fully saturated rings. The number of hydrogen-bond donors (Lipinski definition) is 1. The van der Waals surface area contributed by atoms with E-state index in [0.717, 1.165) is 48.9 Å². The van der Waals surface area contributed by atoms with Crippen molar-refractivity contribution in [2.75, 3.05) is 11.9 Å². The third kappa shape index (κ3) is 11.7. The van der Waals surface area contributed by atoms with Crippen LogP contribution in [0.25, 0.3) is 11.1 Å². The SMILES string of the molecule is CCCCCCCCC=CCCCCCCCC(=O)N1CCc2cc(NC(=O)c3ccccc3-c3ccc(C(F)(F)F)cc3)ccc2C1. The summed E-state index contributed by atoms with van der Waals surface area (Å²) in [6.07, 6.45) is 17.6. The largest absolute Gasteiger partial charge is 0.416 e. The molecule has 0 aromatic heterocycles. The van der Waals surface area contributed by atoms with Gasteiger partial charge in [0, 0.05) is 30.8 Å². The van der Waals surface area contributed by atoms with Crippen molar-refractivity contribution < 1.29 is 22.8 Å². The highest BCUT2D eigenvalue weighted by Gasteiger charge is 2.30. The number of anilines is 1. The Labute approximate surface area is 284 Å². The van der Waals surface area contributed by atoms with Crippen LogP contribution in [0.3, 0.4) is 0 Å². The number of fused-ring (bicyclic) bond motifs is 1. The summed E-state index contributed by atoms with van der Waals surface area (Å²) in [6, 6.07) is 17.5. The van der Waals surface area contributed by atoms with E-state index >= 15 is 0 Å². The average molecular weight is 661 g/mol. The lowest BCUT2D eigenvalue weighted by Gasteiger charge is -2.29. The van der Waals surface area contributed by atoms with Gasteiger partial charge in [-0.1, -0.05) is 107 Å². The Balaban J connectivity index is 1.16. The Bertz CT molecular complexity index is 1480. The van der Waals surface area contributed by atoms with Gasteiger partial charge in [-0.3, -0.25) is 9.59 Å². The average Bonchev–Trinajstić information content (AvgIpc) is 3.09. The van der Waals surface area contributed by atoms with Crippen LogP contribution in [-0.4, -0.2) is 23.3 Å². The van der Waals surface area contributed by atoms with Crippen LogP contribution in [0.2, 0.25) is 0 Å². The van der Waals surface area contributed by atoms with Crippen LogP contribution in [-0.2, 0) is 23.9 Å². The number of halogens is 3. The predicted octanol–water partition coefficient (Wildman–Crippen LogP) is 11.5. The molecule has 3 aromatic rings. The zero-order chi connectivity index (χ0) is 34.2. The van der Waals surface area contributed by atoms with Crippen LogP contribution in [0.4, 0.5) is 18.9 Å². The molecular formula is C41H51F3N2O2. The molecule has 4 nitrogen and oxygen atoms in total. The Morgan fingerprint density at radius 1 is 0.771 bits per heavy atom. The molecule has 7 heteroatoms. The van der Waals surface area contributed by atoms with Gasteiger partial charge in [0.2, 0.25) is 5.91 Å². The molecule has 1 N–H and O–H groups in total. The van der Waals surface area contributed by atoms with Gasteiger partial charge in [0.1, 0.15) is 0 Å². The Morgan fingerprint density at radius 3 is 2.10 bits per heavy atom. The number of nitrogens with one attached hydrogen (secondary N) is 1. The summed E-state index contributed by atoms with van der Waals surface area (Å²) in [7, 11) is 0. The lowest BCUT2D eigenvalue weighted by atomic mass is 9.97. The number of alkyl halides is 3. The number of carbonyl (C=O) groups excluding carboxylic acids is 2. The van der Waals surface area contributed by atoms with E-state index in [1.807, 2.05) is 23.1 Å². The molecule has 3 aromatic carbocycles. The van der Waals surface area contributed by atoms with Gasteiger partial charge in [0.05, 0.1) is 5.56 Å². The van der Waals surface area contributed by atoms with Gasteiger partial charge in [-0.05, 0) is 91.1 Å². The van der Waals surface area contributed by atoms with Gasteiger partial charge in [0.25, 0.3) is 5.91 Å². The molecule has 0 radical (unpaired) electrons. The highest BCUT2D eigenvalue weighted by atomic mass is 19.4. The summed E-state index contributed by atoms with van der Waals surface area (Å²) in [5.41, 5.74) is 3.58. The van der Waals surface area contributed by atoms with Crippen molar-refractivity contribution in [3.05, 3.63) is 101 Å². The molecule has 258 valence electrons. The van der Waals surface area contributed by atoms with Crippen LogP contribution in [0.1, 0.15) is 124 Å². The molecule has 0 spiro atoms. The first-order valence-corrected chi connectivity index (χ1v) is 17.9. The van der Waals surface area contributed by atoms with Crippen LogP contribution < -0.4 is 5.32 Å². The van der Waals surface area contributed by atoms with Crippen molar-refractivity contribution in [1.82, 2.24) is 4.90 Å². The van der Waals surface area contributed by atoms with Crippen molar-refractivity contribution >= 4 is 17.5 Å². The Morgan fingerprint density at radius 2 is 1.42 bits per heavy atom. The third-order valence-electron chi connectivity index (χ3n) is 9.18. The molecule has 0 aliphatic carbocycles. The summed E-state index contributed by atoms with van der Waals surface area (Å²) in [4.78, 5) is 28.2. The minimum atomic E-state index is -4.42. The van der Waals surface area contributed by atoms with Crippen molar-refractivity contribution in [1.29, 1.82) is 0 Å². The minimum absolute atomic E-state index is 0.204. The first-order chi connectivity index (χ1) is 23.3. The number of nitrogens with zero attached hydrogens (tertiary/aromatic N) is 1. The monoisotopic (exact) mass is 660 g/mol. The summed E-state index contributed by atoms with van der Waals surface area (Å²) in [6.45, 7) is 3.49. The number of amides is 2. The van der Waals surface area contributed by atoms with E-state index in [0.29, 0.717) is 41.9 Å². The fraction of sp³-hybridized carbons (Fsp3) is 0.463. The van der Waals surface area contributed by atoms with Crippen molar-refractivity contribution in [2.24, 2.45) is 0 Å². The first-order valence-electron chi connectivity index (χ1n) is 17.9. The van der Waals surface area contributed by atoms with E-state index in [1.54, 1.807) is 24.3 Å². The quantitative estimate of drug-likeness (QED) is 0.109. The van der Waals surface area contributed by atoms with Gasteiger partial charge in [-0.15, -0.1) is 0 Å². The van der Waals surface area contributed by atoms with Crippen molar-refractivity contribution in [3.63, 3.8) is 0 Å². The molecule has 0 saturated carbocycles. The maximum absolute atomic E-state index is 13.3. The van der Waals surface area contributed by atoms with E-state index in [9.17, 15) is 22.8 Å². The molecule has 1 aliphatic rings. The normalized spacial score (nSPS) is 13.1. The van der Waals surface area contributed by atoms with Gasteiger partial charge < -0.3 is 10.2 Å². The maximum atomic E-state index is 13.3. The van der Waals surface area contributed by atoms with Crippen LogP contribution in [0.15, 0.2) is 78.9 Å². The van der Waals surface area contributed by atoms with Crippen molar-refractivity contribution in [2.45, 2.75) is 116 Å². The predicted molar refractivity (Wildman–Crippen MR) is 190 cm³/mol. The second kappa shape index (κ2) is 19.2. The summed E-state index contributed by atoms with van der Waals surface area (Å²) >= 11 is 0. The van der Waals surface area contributed by atoms with Gasteiger partial charge >= 0.3 is 6.18 Å². The van der Waals surface area contributed by atoms with Crippen LogP contribution in [0.5, 0.6) is 0 Å². The lowest BCUT2D eigenvalue weighted by molar-refractivity contribution is -0.137. The minimum Gasteiger partial charge on any atom is -0.338 e. The van der Waals surface area contributed by atoms with Gasteiger partial charge in [-0.25, -0.2) is 0 Å². The van der Waals surface area contributed by atoms with E-state index in [1.165, 1.54) is 76.3 Å². The third-order valence-corrected chi connectivity index (χ3v) is 9.18. The molecule has 1 aliphatic heterocycles. The second-order valence-corrected chi connectivity index (χ2v) is 13.0. The Hall–Kier alpha value is -3.87. The topological polar surface area (TPSA) is 49.4 Å². The molecule has 0 unspecified atom stereocenters. The van der Waals surface area contributed by atoms with Gasteiger partial charge in [0.15, 0.2) is 0 Å². The molecule has 2 amide bonds. The van der Waals surface area contributed by atoms with E-state index in [-0.39, 0.29) is 11.8 Å². The number of rotatable bonds is 18. The first kappa shape index (κ1) is 37.0. The number of benzene rings is 3. The van der Waals surface area contributed by atoms with Crippen LogP contribution in [0, 0.1) is 0 Å². The smallest absolute Gasteiger partial charge is 0.338 e. The molecule has 48 heavy (non-hydrogen) atoms. The summed E-state index contributed by atoms with van der Waals surface area (Å²) in [5.74, 6) is -0.131.